The molecule has 0 bridgehead atoms. The van der Waals surface area contributed by atoms with Crippen LogP contribution in [-0.2, 0) is 9.59 Å². The summed E-state index contributed by atoms with van der Waals surface area (Å²) in [5.74, 6) is -1.88. The molecule has 8 heteroatoms. The van der Waals surface area contributed by atoms with Gasteiger partial charge in [-0.05, 0) is 37.3 Å². The van der Waals surface area contributed by atoms with Crippen LogP contribution in [0, 0.1) is 0 Å². The molecule has 0 aliphatic rings. The second-order valence-corrected chi connectivity index (χ2v) is 5.64. The van der Waals surface area contributed by atoms with E-state index in [1.54, 1.807) is 25.1 Å². The third-order valence-corrected chi connectivity index (χ3v) is 3.38. The number of nitrogens with one attached hydrogen (secondary N) is 2. The van der Waals surface area contributed by atoms with E-state index in [9.17, 15) is 14.7 Å². The Hall–Kier alpha value is -2.57. The van der Waals surface area contributed by atoms with Gasteiger partial charge in [0.15, 0.2) is 0 Å². The van der Waals surface area contributed by atoms with Gasteiger partial charge in [-0.3, -0.25) is 9.59 Å². The van der Waals surface area contributed by atoms with E-state index in [0.717, 1.165) is 0 Å². The first-order valence-electron chi connectivity index (χ1n) is 6.77. The van der Waals surface area contributed by atoms with Crippen LogP contribution in [0.25, 0.3) is 0 Å². The standard InChI is InChI=1S/C16H13Cl2N3O3/c1-9(13-4-2-3-5-14(13)22)20-21-16(24)15(23)19-12-7-10(17)6-11(18)8-12/h2-8,22H,1H3,(H,19,23)(H,21,24)/b20-9+. The van der Waals surface area contributed by atoms with Gasteiger partial charge in [0.2, 0.25) is 0 Å². The van der Waals surface area contributed by atoms with Gasteiger partial charge in [0.25, 0.3) is 0 Å². The summed E-state index contributed by atoms with van der Waals surface area (Å²) in [6, 6.07) is 10.9. The third kappa shape index (κ3) is 4.71. The zero-order valence-corrected chi connectivity index (χ0v) is 14.0. The quantitative estimate of drug-likeness (QED) is 0.443. The molecule has 0 saturated carbocycles. The molecule has 0 spiro atoms. The number of carbonyl (C=O) groups excluding carboxylic acids is 2. The number of nitrogens with zero attached hydrogens (tertiary/aromatic N) is 1. The summed E-state index contributed by atoms with van der Waals surface area (Å²) < 4.78 is 0. The Morgan fingerprint density at radius 3 is 2.29 bits per heavy atom. The maximum absolute atomic E-state index is 11.8. The van der Waals surface area contributed by atoms with Crippen molar-refractivity contribution in [3.63, 3.8) is 0 Å². The highest BCUT2D eigenvalue weighted by Crippen LogP contribution is 2.22. The minimum atomic E-state index is -0.971. The van der Waals surface area contributed by atoms with E-state index in [-0.39, 0.29) is 11.4 Å². The van der Waals surface area contributed by atoms with Gasteiger partial charge in [-0.1, -0.05) is 35.3 Å². The lowest BCUT2D eigenvalue weighted by atomic mass is 10.1. The Labute approximate surface area is 148 Å². The lowest BCUT2D eigenvalue weighted by molar-refractivity contribution is -0.136. The molecule has 2 amide bonds. The van der Waals surface area contributed by atoms with E-state index in [4.69, 9.17) is 23.2 Å². The second-order valence-electron chi connectivity index (χ2n) is 4.77. The summed E-state index contributed by atoms with van der Waals surface area (Å²) >= 11 is 11.6. The van der Waals surface area contributed by atoms with Crippen molar-refractivity contribution in [2.75, 3.05) is 5.32 Å². The number of hydrogen-bond acceptors (Lipinski definition) is 4. The second kappa shape index (κ2) is 7.81. The van der Waals surface area contributed by atoms with Gasteiger partial charge in [0.05, 0.1) is 5.71 Å². The highest BCUT2D eigenvalue weighted by molar-refractivity contribution is 6.40. The van der Waals surface area contributed by atoms with E-state index >= 15 is 0 Å². The van der Waals surface area contributed by atoms with Crippen molar-refractivity contribution in [1.29, 1.82) is 0 Å². The topological polar surface area (TPSA) is 90.8 Å². The van der Waals surface area contributed by atoms with E-state index in [1.807, 2.05) is 0 Å². The van der Waals surface area contributed by atoms with Crippen LogP contribution in [0.1, 0.15) is 12.5 Å². The van der Waals surface area contributed by atoms with Gasteiger partial charge in [-0.15, -0.1) is 0 Å². The predicted octanol–water partition coefficient (Wildman–Crippen LogP) is 3.18. The molecule has 0 heterocycles. The third-order valence-electron chi connectivity index (χ3n) is 2.95. The number of rotatable bonds is 3. The molecule has 0 unspecified atom stereocenters. The first-order chi connectivity index (χ1) is 11.4. The van der Waals surface area contributed by atoms with Gasteiger partial charge >= 0.3 is 11.8 Å². The zero-order chi connectivity index (χ0) is 17.7. The molecule has 0 aliphatic carbocycles. The van der Waals surface area contributed by atoms with Crippen LogP contribution in [-0.4, -0.2) is 22.6 Å². The summed E-state index contributed by atoms with van der Waals surface area (Å²) in [7, 11) is 0. The summed E-state index contributed by atoms with van der Waals surface area (Å²) in [6.07, 6.45) is 0. The number of carbonyl (C=O) groups is 2. The number of aromatic hydroxyl groups is 1. The lowest BCUT2D eigenvalue weighted by Crippen LogP contribution is -2.32. The van der Waals surface area contributed by atoms with Gasteiger partial charge < -0.3 is 10.4 Å². The molecule has 0 aliphatic heterocycles. The average molecular weight is 366 g/mol. The minimum Gasteiger partial charge on any atom is -0.507 e. The van der Waals surface area contributed by atoms with E-state index in [1.165, 1.54) is 24.3 Å². The van der Waals surface area contributed by atoms with Crippen molar-refractivity contribution in [3.8, 4) is 5.75 Å². The van der Waals surface area contributed by atoms with Crippen molar-refractivity contribution < 1.29 is 14.7 Å². The van der Waals surface area contributed by atoms with Crippen molar-refractivity contribution in [1.82, 2.24) is 5.43 Å². The summed E-state index contributed by atoms with van der Waals surface area (Å²) in [5, 5.41) is 16.5. The van der Waals surface area contributed by atoms with Gasteiger partial charge in [0.1, 0.15) is 5.75 Å². The monoisotopic (exact) mass is 365 g/mol. The maximum Gasteiger partial charge on any atom is 0.329 e. The van der Waals surface area contributed by atoms with Crippen LogP contribution in [0.5, 0.6) is 5.75 Å². The fourth-order valence-corrected chi connectivity index (χ4v) is 2.37. The molecule has 0 atom stereocenters. The highest BCUT2D eigenvalue weighted by Gasteiger charge is 2.14. The average Bonchev–Trinajstić information content (AvgIpc) is 2.51. The number of halogens is 2. The number of phenolic OH excluding ortho intramolecular Hbond substituents is 1. The number of para-hydroxylation sites is 1. The summed E-state index contributed by atoms with van der Waals surface area (Å²) in [5.41, 5.74) is 3.20. The van der Waals surface area contributed by atoms with E-state index < -0.39 is 11.8 Å². The predicted molar refractivity (Wildman–Crippen MR) is 93.6 cm³/mol. The van der Waals surface area contributed by atoms with Crippen LogP contribution in [0.4, 0.5) is 5.69 Å². The Bertz CT molecular complexity index is 802. The van der Waals surface area contributed by atoms with Crippen LogP contribution in [0.2, 0.25) is 10.0 Å². The first-order valence-corrected chi connectivity index (χ1v) is 7.52. The fourth-order valence-electron chi connectivity index (χ4n) is 1.84. The molecule has 0 radical (unpaired) electrons. The van der Waals surface area contributed by atoms with Gasteiger partial charge in [-0.2, -0.15) is 5.10 Å². The molecule has 2 aromatic carbocycles. The van der Waals surface area contributed by atoms with Crippen molar-refractivity contribution in [2.24, 2.45) is 5.10 Å². The molecule has 3 N–H and O–H groups in total. The van der Waals surface area contributed by atoms with Gasteiger partial charge in [0, 0.05) is 21.3 Å². The number of hydrazone groups is 1. The number of phenols is 1. The highest BCUT2D eigenvalue weighted by atomic mass is 35.5. The van der Waals surface area contributed by atoms with Crippen LogP contribution in [0.15, 0.2) is 47.6 Å². The first kappa shape index (κ1) is 17.8. The maximum atomic E-state index is 11.8. The van der Waals surface area contributed by atoms with Crippen molar-refractivity contribution >= 4 is 46.4 Å². The number of hydrogen-bond donors (Lipinski definition) is 3. The number of anilines is 1. The fraction of sp³-hybridized carbons (Fsp3) is 0.0625. The molecule has 6 nitrogen and oxygen atoms in total. The Balaban J connectivity index is 2.02. The Morgan fingerprint density at radius 1 is 1.04 bits per heavy atom. The molecule has 0 saturated heterocycles. The minimum absolute atomic E-state index is 0.0195. The summed E-state index contributed by atoms with van der Waals surface area (Å²) in [4.78, 5) is 23.6. The molecule has 124 valence electrons. The molecule has 2 aromatic rings. The number of amides is 2. The summed E-state index contributed by atoms with van der Waals surface area (Å²) in [6.45, 7) is 1.59. The van der Waals surface area contributed by atoms with Crippen LogP contribution >= 0.6 is 23.2 Å². The molecule has 24 heavy (non-hydrogen) atoms. The number of benzene rings is 2. The normalized spacial score (nSPS) is 11.0. The van der Waals surface area contributed by atoms with Gasteiger partial charge in [-0.25, -0.2) is 5.43 Å². The lowest BCUT2D eigenvalue weighted by Gasteiger charge is -2.06. The van der Waals surface area contributed by atoms with Crippen molar-refractivity contribution in [3.05, 3.63) is 58.1 Å². The SMILES string of the molecule is C/C(=N\NC(=O)C(=O)Nc1cc(Cl)cc(Cl)c1)c1ccccc1O. The Morgan fingerprint density at radius 2 is 1.67 bits per heavy atom. The van der Waals surface area contributed by atoms with E-state index in [0.29, 0.717) is 21.3 Å². The smallest absolute Gasteiger partial charge is 0.329 e. The molecule has 0 fully saturated rings. The Kier molecular flexibility index (Phi) is 5.78. The molecule has 0 aromatic heterocycles. The molecule has 2 rings (SSSR count). The van der Waals surface area contributed by atoms with Crippen LogP contribution in [0.3, 0.4) is 0 Å². The largest absolute Gasteiger partial charge is 0.507 e. The molecular formula is C16H13Cl2N3O3. The van der Waals surface area contributed by atoms with E-state index in [2.05, 4.69) is 15.8 Å². The van der Waals surface area contributed by atoms with Crippen molar-refractivity contribution in [2.45, 2.75) is 6.92 Å². The van der Waals surface area contributed by atoms with Crippen LogP contribution < -0.4 is 10.7 Å². The molecular weight excluding hydrogens is 353 g/mol. The zero-order valence-electron chi connectivity index (χ0n) is 12.5.